The number of hydrogen-bond acceptors (Lipinski definition) is 5. The Morgan fingerprint density at radius 2 is 1.87 bits per heavy atom. The molecule has 0 unspecified atom stereocenters. The fourth-order valence-corrected chi connectivity index (χ4v) is 3.28. The highest BCUT2D eigenvalue weighted by Crippen LogP contribution is 2.32. The van der Waals surface area contributed by atoms with Gasteiger partial charge in [0.05, 0.1) is 18.2 Å². The lowest BCUT2D eigenvalue weighted by molar-refractivity contribution is -0.116. The Balaban J connectivity index is 1.47. The van der Waals surface area contributed by atoms with Gasteiger partial charge in [0.2, 0.25) is 5.91 Å². The molecule has 2 heterocycles. The molecule has 0 spiro atoms. The Hall–Kier alpha value is -3.36. The molecule has 4 rings (SSSR count). The Labute approximate surface area is 187 Å². The highest BCUT2D eigenvalue weighted by atomic mass is 35.5. The first-order valence-electron chi connectivity index (χ1n) is 9.30. The predicted octanol–water partition coefficient (Wildman–Crippen LogP) is 4.26. The van der Waals surface area contributed by atoms with Crippen molar-refractivity contribution in [3.05, 3.63) is 75.4 Å². The number of carbonyl (C=O) groups excluding carboxylic acids is 1. The van der Waals surface area contributed by atoms with Gasteiger partial charge in [0.25, 0.3) is 5.56 Å². The number of halogens is 2. The molecule has 0 fully saturated rings. The summed E-state index contributed by atoms with van der Waals surface area (Å²) in [5.74, 6) is 0.682. The number of aromatic nitrogens is 4. The lowest BCUT2D eigenvalue weighted by Gasteiger charge is -2.13. The van der Waals surface area contributed by atoms with Crippen LogP contribution in [0.4, 0.5) is 5.69 Å². The van der Waals surface area contributed by atoms with E-state index in [1.54, 1.807) is 49.5 Å². The second-order valence-electron chi connectivity index (χ2n) is 6.74. The SMILES string of the molecule is Cn1ncc2c(=O)n(CCC(=O)Nc3cc(Cl)ccc3Oc3ccc(Cl)cc3)cnc21. The number of nitrogens with one attached hydrogen (secondary N) is 1. The quantitative estimate of drug-likeness (QED) is 0.466. The van der Waals surface area contributed by atoms with Gasteiger partial charge in [-0.2, -0.15) is 5.10 Å². The Morgan fingerprint density at radius 1 is 1.13 bits per heavy atom. The van der Waals surface area contributed by atoms with Crippen LogP contribution in [0.2, 0.25) is 10.0 Å². The summed E-state index contributed by atoms with van der Waals surface area (Å²) in [6.45, 7) is 0.163. The van der Waals surface area contributed by atoms with Crippen LogP contribution in [0.1, 0.15) is 6.42 Å². The first-order chi connectivity index (χ1) is 14.9. The van der Waals surface area contributed by atoms with Gasteiger partial charge in [-0.15, -0.1) is 0 Å². The van der Waals surface area contributed by atoms with Crippen molar-refractivity contribution in [3.8, 4) is 11.5 Å². The van der Waals surface area contributed by atoms with Gasteiger partial charge in [-0.3, -0.25) is 18.8 Å². The van der Waals surface area contributed by atoms with Gasteiger partial charge in [-0.05, 0) is 42.5 Å². The molecule has 1 amide bonds. The maximum absolute atomic E-state index is 12.5. The van der Waals surface area contributed by atoms with Crippen LogP contribution in [-0.2, 0) is 18.4 Å². The predicted molar refractivity (Wildman–Crippen MR) is 119 cm³/mol. The summed E-state index contributed by atoms with van der Waals surface area (Å²) in [4.78, 5) is 29.3. The number of anilines is 1. The maximum Gasteiger partial charge on any atom is 0.264 e. The summed E-state index contributed by atoms with van der Waals surface area (Å²) in [7, 11) is 1.71. The molecular formula is C21H17Cl2N5O3. The first kappa shape index (κ1) is 20.9. The number of fused-ring (bicyclic) bond motifs is 1. The summed E-state index contributed by atoms with van der Waals surface area (Å²) in [6.07, 6.45) is 2.93. The van der Waals surface area contributed by atoms with Crippen molar-refractivity contribution in [1.82, 2.24) is 19.3 Å². The van der Waals surface area contributed by atoms with E-state index in [1.807, 2.05) is 0 Å². The van der Waals surface area contributed by atoms with Gasteiger partial charge < -0.3 is 10.1 Å². The van der Waals surface area contributed by atoms with Crippen molar-refractivity contribution in [3.63, 3.8) is 0 Å². The third kappa shape index (κ3) is 4.70. The normalized spacial score (nSPS) is 10.9. The second-order valence-corrected chi connectivity index (χ2v) is 7.62. The van der Waals surface area contributed by atoms with Crippen molar-refractivity contribution >= 4 is 45.8 Å². The number of aryl methyl sites for hydroxylation is 2. The third-order valence-corrected chi connectivity index (χ3v) is 5.04. The summed E-state index contributed by atoms with van der Waals surface area (Å²) < 4.78 is 8.75. The number of ether oxygens (including phenoxy) is 1. The van der Waals surface area contributed by atoms with E-state index in [1.165, 1.54) is 21.8 Å². The minimum Gasteiger partial charge on any atom is -0.455 e. The number of amides is 1. The Kier molecular flexibility index (Phi) is 5.92. The van der Waals surface area contributed by atoms with Gasteiger partial charge in [-0.25, -0.2) is 4.98 Å². The van der Waals surface area contributed by atoms with Gasteiger partial charge in [-0.1, -0.05) is 23.2 Å². The molecule has 31 heavy (non-hydrogen) atoms. The van der Waals surface area contributed by atoms with Crippen LogP contribution in [0.25, 0.3) is 11.0 Å². The molecule has 0 radical (unpaired) electrons. The lowest BCUT2D eigenvalue weighted by Crippen LogP contribution is -2.23. The summed E-state index contributed by atoms with van der Waals surface area (Å²) in [6, 6.07) is 11.8. The number of nitrogens with zero attached hydrogens (tertiary/aromatic N) is 4. The van der Waals surface area contributed by atoms with E-state index in [0.717, 1.165) is 0 Å². The Bertz CT molecular complexity index is 1320. The summed E-state index contributed by atoms with van der Waals surface area (Å²) in [5, 5.41) is 8.26. The fourth-order valence-electron chi connectivity index (χ4n) is 2.98. The van der Waals surface area contributed by atoms with Crippen molar-refractivity contribution in [2.24, 2.45) is 7.05 Å². The van der Waals surface area contributed by atoms with E-state index in [4.69, 9.17) is 27.9 Å². The van der Waals surface area contributed by atoms with Crippen molar-refractivity contribution < 1.29 is 9.53 Å². The highest BCUT2D eigenvalue weighted by molar-refractivity contribution is 6.31. The van der Waals surface area contributed by atoms with Crippen LogP contribution in [0, 0.1) is 0 Å². The molecule has 0 bridgehead atoms. The van der Waals surface area contributed by atoms with Gasteiger partial charge in [0, 0.05) is 30.1 Å². The first-order valence-corrected chi connectivity index (χ1v) is 10.1. The zero-order chi connectivity index (χ0) is 22.0. The van der Waals surface area contributed by atoms with E-state index in [9.17, 15) is 9.59 Å². The molecule has 10 heteroatoms. The molecule has 0 aliphatic heterocycles. The lowest BCUT2D eigenvalue weighted by atomic mass is 10.2. The smallest absolute Gasteiger partial charge is 0.264 e. The standard InChI is InChI=1S/C21H17Cl2N5O3/c1-27-20-16(11-25-27)21(30)28(12-24-20)9-8-19(29)26-17-10-14(23)4-7-18(17)31-15-5-2-13(22)3-6-15/h2-7,10-12H,8-9H2,1H3,(H,26,29). The minimum absolute atomic E-state index is 0.0558. The van der Waals surface area contributed by atoms with E-state index in [0.29, 0.717) is 38.3 Å². The van der Waals surface area contributed by atoms with Gasteiger partial charge in [0.15, 0.2) is 11.4 Å². The summed E-state index contributed by atoms with van der Waals surface area (Å²) in [5.41, 5.74) is 0.662. The number of benzene rings is 2. The van der Waals surface area contributed by atoms with E-state index in [-0.39, 0.29) is 24.4 Å². The van der Waals surface area contributed by atoms with Gasteiger partial charge in [0.1, 0.15) is 11.1 Å². The zero-order valence-corrected chi connectivity index (χ0v) is 17.9. The van der Waals surface area contributed by atoms with Crippen molar-refractivity contribution in [1.29, 1.82) is 0 Å². The monoisotopic (exact) mass is 457 g/mol. The molecule has 2 aromatic carbocycles. The van der Waals surface area contributed by atoms with Crippen molar-refractivity contribution in [2.45, 2.75) is 13.0 Å². The Morgan fingerprint density at radius 3 is 2.65 bits per heavy atom. The van der Waals surface area contributed by atoms with E-state index < -0.39 is 0 Å². The van der Waals surface area contributed by atoms with E-state index in [2.05, 4.69) is 15.4 Å². The summed E-state index contributed by atoms with van der Waals surface area (Å²) >= 11 is 12.0. The topological polar surface area (TPSA) is 91.0 Å². The molecule has 0 atom stereocenters. The molecular weight excluding hydrogens is 441 g/mol. The van der Waals surface area contributed by atoms with E-state index >= 15 is 0 Å². The average Bonchev–Trinajstić information content (AvgIpc) is 3.13. The number of rotatable bonds is 6. The number of carbonyl (C=O) groups is 1. The van der Waals surface area contributed by atoms with Crippen molar-refractivity contribution in [2.75, 3.05) is 5.32 Å². The minimum atomic E-state index is -0.304. The molecule has 0 aliphatic rings. The molecule has 1 N–H and O–H groups in total. The molecule has 2 aromatic heterocycles. The molecule has 4 aromatic rings. The zero-order valence-electron chi connectivity index (χ0n) is 16.4. The average molecular weight is 458 g/mol. The molecule has 158 valence electrons. The van der Waals surface area contributed by atoms with Crippen LogP contribution < -0.4 is 15.6 Å². The molecule has 8 nitrogen and oxygen atoms in total. The molecule has 0 aliphatic carbocycles. The second kappa shape index (κ2) is 8.79. The largest absolute Gasteiger partial charge is 0.455 e. The maximum atomic E-state index is 12.5. The highest BCUT2D eigenvalue weighted by Gasteiger charge is 2.12. The van der Waals surface area contributed by atoms with Crippen LogP contribution in [0.15, 0.2) is 59.8 Å². The molecule has 0 saturated heterocycles. The fraction of sp³-hybridized carbons (Fsp3) is 0.143. The third-order valence-electron chi connectivity index (χ3n) is 4.56. The number of hydrogen-bond donors (Lipinski definition) is 1. The molecule has 0 saturated carbocycles. The van der Waals surface area contributed by atoms with Crippen LogP contribution in [0.3, 0.4) is 0 Å². The van der Waals surface area contributed by atoms with Crippen LogP contribution in [0.5, 0.6) is 11.5 Å². The van der Waals surface area contributed by atoms with Gasteiger partial charge >= 0.3 is 0 Å². The van der Waals surface area contributed by atoms with Crippen LogP contribution >= 0.6 is 23.2 Å². The van der Waals surface area contributed by atoms with Crippen LogP contribution in [-0.4, -0.2) is 25.2 Å².